The lowest BCUT2D eigenvalue weighted by Gasteiger charge is -2.36. The molecule has 0 spiro atoms. The summed E-state index contributed by atoms with van der Waals surface area (Å²) in [7, 11) is 0. The second-order valence-corrected chi connectivity index (χ2v) is 6.23. The van der Waals surface area contributed by atoms with Crippen molar-refractivity contribution in [3.05, 3.63) is 76.8 Å². The number of hydrogen-bond donors (Lipinski definition) is 1. The Bertz CT molecular complexity index is 648. The Morgan fingerprint density at radius 2 is 1.86 bits per heavy atom. The maximum atomic E-state index is 6.15. The van der Waals surface area contributed by atoms with Gasteiger partial charge in [-0.15, -0.1) is 0 Å². The van der Waals surface area contributed by atoms with Crippen molar-refractivity contribution in [3.8, 4) is 0 Å². The van der Waals surface area contributed by atoms with Crippen LogP contribution < -0.4 is 5.73 Å². The maximum Gasteiger partial charge on any atom is 0.0408 e. The minimum atomic E-state index is 0.0309. The third-order valence-electron chi connectivity index (χ3n) is 4.58. The van der Waals surface area contributed by atoms with Crippen LogP contribution in [0, 0.1) is 0 Å². The number of halogens is 1. The van der Waals surface area contributed by atoms with Gasteiger partial charge in [-0.1, -0.05) is 60.1 Å². The zero-order valence-corrected chi connectivity index (χ0v) is 12.8. The summed E-state index contributed by atoms with van der Waals surface area (Å²) in [4.78, 5) is 0. The monoisotopic (exact) mass is 297 g/mol. The Kier molecular flexibility index (Phi) is 4.14. The minimum Gasteiger partial charge on any atom is -0.330 e. The van der Waals surface area contributed by atoms with Gasteiger partial charge in [-0.2, -0.15) is 0 Å². The van der Waals surface area contributed by atoms with Gasteiger partial charge < -0.3 is 5.73 Å². The fraction of sp³-hybridized carbons (Fsp3) is 0.263. The summed E-state index contributed by atoms with van der Waals surface area (Å²) in [5.74, 6) is 0. The fourth-order valence-corrected chi connectivity index (χ4v) is 3.39. The highest BCUT2D eigenvalue weighted by Crippen LogP contribution is 2.41. The molecule has 1 aliphatic rings. The summed E-state index contributed by atoms with van der Waals surface area (Å²) in [5.41, 5.74) is 10.2. The van der Waals surface area contributed by atoms with Crippen molar-refractivity contribution in [2.75, 3.05) is 6.54 Å². The van der Waals surface area contributed by atoms with Crippen LogP contribution in [0.15, 0.2) is 60.7 Å². The van der Waals surface area contributed by atoms with E-state index in [1.165, 1.54) is 16.7 Å². The largest absolute Gasteiger partial charge is 0.330 e. The second kappa shape index (κ2) is 6.05. The van der Waals surface area contributed by atoms with Gasteiger partial charge in [0.05, 0.1) is 0 Å². The molecule has 0 bridgehead atoms. The van der Waals surface area contributed by atoms with Crippen molar-refractivity contribution < 1.29 is 0 Å². The van der Waals surface area contributed by atoms with E-state index in [-0.39, 0.29) is 5.41 Å². The van der Waals surface area contributed by atoms with Crippen LogP contribution >= 0.6 is 11.6 Å². The summed E-state index contributed by atoms with van der Waals surface area (Å²) in [6.07, 6.45) is 5.47. The Labute approximate surface area is 131 Å². The van der Waals surface area contributed by atoms with Gasteiger partial charge in [0.15, 0.2) is 0 Å². The maximum absolute atomic E-state index is 6.15. The van der Waals surface area contributed by atoms with Crippen molar-refractivity contribution in [2.24, 2.45) is 5.73 Å². The molecule has 0 saturated heterocycles. The van der Waals surface area contributed by atoms with E-state index in [1.54, 1.807) is 0 Å². The molecule has 0 fully saturated rings. The Balaban J connectivity index is 1.89. The van der Waals surface area contributed by atoms with Crippen LogP contribution in [0.25, 0.3) is 5.57 Å². The van der Waals surface area contributed by atoms with Crippen LogP contribution in [0.1, 0.15) is 30.4 Å². The van der Waals surface area contributed by atoms with Gasteiger partial charge in [0.1, 0.15) is 0 Å². The molecule has 0 aliphatic heterocycles. The van der Waals surface area contributed by atoms with Crippen LogP contribution in [0.2, 0.25) is 5.02 Å². The molecule has 3 rings (SSSR count). The smallest absolute Gasteiger partial charge is 0.0408 e. The van der Waals surface area contributed by atoms with Crippen LogP contribution in [0.4, 0.5) is 0 Å². The molecule has 0 radical (unpaired) electrons. The second-order valence-electron chi connectivity index (χ2n) is 5.79. The lowest BCUT2D eigenvalue weighted by Crippen LogP contribution is -2.36. The summed E-state index contributed by atoms with van der Waals surface area (Å²) < 4.78 is 0. The van der Waals surface area contributed by atoms with Crippen molar-refractivity contribution in [1.82, 2.24) is 0 Å². The first-order chi connectivity index (χ1) is 10.2. The van der Waals surface area contributed by atoms with E-state index in [0.717, 1.165) is 24.3 Å². The van der Waals surface area contributed by atoms with Crippen molar-refractivity contribution in [2.45, 2.75) is 24.7 Å². The molecular formula is C19H20ClN. The topological polar surface area (TPSA) is 26.0 Å². The van der Waals surface area contributed by atoms with Gasteiger partial charge in [0.2, 0.25) is 0 Å². The molecule has 0 aromatic heterocycles. The predicted octanol–water partition coefficient (Wildman–Crippen LogP) is 4.80. The van der Waals surface area contributed by atoms with Gasteiger partial charge in [-0.3, -0.25) is 0 Å². The summed E-state index contributed by atoms with van der Waals surface area (Å²) in [5, 5.41) is 0.790. The average molecular weight is 298 g/mol. The van der Waals surface area contributed by atoms with Crippen LogP contribution in [0.5, 0.6) is 0 Å². The summed E-state index contributed by atoms with van der Waals surface area (Å²) in [6, 6.07) is 18.8. The normalized spacial score (nSPS) is 21.9. The standard InChI is InChI=1S/C19H20ClN/c20-18-8-4-7-17(13-18)19(14-21)11-9-16(10-12-19)15-5-2-1-3-6-15/h1-9,13H,10-12,14,21H2. The first-order valence-electron chi connectivity index (χ1n) is 7.44. The summed E-state index contributed by atoms with van der Waals surface area (Å²) >= 11 is 6.15. The van der Waals surface area contributed by atoms with E-state index in [2.05, 4.69) is 48.5 Å². The van der Waals surface area contributed by atoms with Crippen LogP contribution in [-0.2, 0) is 5.41 Å². The molecule has 0 saturated carbocycles. The lowest BCUT2D eigenvalue weighted by atomic mass is 9.69. The number of hydrogen-bond acceptors (Lipinski definition) is 1. The van der Waals surface area contributed by atoms with Gasteiger partial charge >= 0.3 is 0 Å². The molecule has 108 valence electrons. The zero-order chi connectivity index (χ0) is 14.7. The number of rotatable bonds is 3. The average Bonchev–Trinajstić information content (AvgIpc) is 2.56. The SMILES string of the molecule is NCC1(c2cccc(Cl)c2)CC=C(c2ccccc2)CC1. The molecule has 2 N–H and O–H groups in total. The molecule has 1 atom stereocenters. The molecule has 2 heteroatoms. The predicted molar refractivity (Wildman–Crippen MR) is 90.5 cm³/mol. The van der Waals surface area contributed by atoms with Gasteiger partial charge in [-0.05, 0) is 48.1 Å². The molecule has 1 nitrogen and oxygen atoms in total. The van der Waals surface area contributed by atoms with E-state index in [4.69, 9.17) is 17.3 Å². The van der Waals surface area contributed by atoms with Crippen LogP contribution in [0.3, 0.4) is 0 Å². The van der Waals surface area contributed by atoms with Gasteiger partial charge in [0, 0.05) is 17.0 Å². The molecular weight excluding hydrogens is 278 g/mol. The fourth-order valence-electron chi connectivity index (χ4n) is 3.19. The van der Waals surface area contributed by atoms with Crippen molar-refractivity contribution >= 4 is 17.2 Å². The molecule has 21 heavy (non-hydrogen) atoms. The van der Waals surface area contributed by atoms with Gasteiger partial charge in [0.25, 0.3) is 0 Å². The van der Waals surface area contributed by atoms with E-state index in [1.807, 2.05) is 12.1 Å². The summed E-state index contributed by atoms with van der Waals surface area (Å²) in [6.45, 7) is 0.659. The van der Waals surface area contributed by atoms with Crippen molar-refractivity contribution in [1.29, 1.82) is 0 Å². The zero-order valence-electron chi connectivity index (χ0n) is 12.1. The van der Waals surface area contributed by atoms with E-state index < -0.39 is 0 Å². The molecule has 1 aliphatic carbocycles. The third-order valence-corrected chi connectivity index (χ3v) is 4.82. The van der Waals surface area contributed by atoms with E-state index >= 15 is 0 Å². The highest BCUT2D eigenvalue weighted by Gasteiger charge is 2.32. The molecule has 0 amide bonds. The molecule has 2 aromatic carbocycles. The quantitative estimate of drug-likeness (QED) is 0.865. The molecule has 1 unspecified atom stereocenters. The number of benzene rings is 2. The highest BCUT2D eigenvalue weighted by molar-refractivity contribution is 6.30. The van der Waals surface area contributed by atoms with E-state index in [0.29, 0.717) is 6.54 Å². The Morgan fingerprint density at radius 1 is 1.05 bits per heavy atom. The van der Waals surface area contributed by atoms with Crippen LogP contribution in [-0.4, -0.2) is 6.54 Å². The number of nitrogens with two attached hydrogens (primary N) is 1. The highest BCUT2D eigenvalue weighted by atomic mass is 35.5. The van der Waals surface area contributed by atoms with Crippen molar-refractivity contribution in [3.63, 3.8) is 0 Å². The first-order valence-corrected chi connectivity index (χ1v) is 7.82. The van der Waals surface area contributed by atoms with E-state index in [9.17, 15) is 0 Å². The molecule has 0 heterocycles. The lowest BCUT2D eigenvalue weighted by molar-refractivity contribution is 0.402. The Morgan fingerprint density at radius 3 is 2.48 bits per heavy atom. The first kappa shape index (κ1) is 14.4. The third kappa shape index (κ3) is 2.90. The van der Waals surface area contributed by atoms with Gasteiger partial charge in [-0.25, -0.2) is 0 Å². The molecule has 2 aromatic rings. The number of allylic oxidation sites excluding steroid dienone is 2. The Hall–Kier alpha value is -1.57. The minimum absolute atomic E-state index is 0.0309.